The molecule has 0 aliphatic carbocycles. The molecule has 0 saturated carbocycles. The molecule has 1 aromatic carbocycles. The van der Waals surface area contributed by atoms with Gasteiger partial charge in [0.25, 0.3) is 6.43 Å². The van der Waals surface area contributed by atoms with Crippen molar-refractivity contribution in [2.75, 3.05) is 31.1 Å². The zero-order valence-electron chi connectivity index (χ0n) is 18.3. The van der Waals surface area contributed by atoms with Crippen molar-refractivity contribution in [3.05, 3.63) is 59.4 Å². The lowest BCUT2D eigenvalue weighted by atomic mass is 9.88. The molecule has 2 aliphatic rings. The Kier molecular flexibility index (Phi) is 6.08. The second kappa shape index (κ2) is 8.63. The first-order valence-electron chi connectivity index (χ1n) is 10.8. The molecule has 1 saturated heterocycles. The summed E-state index contributed by atoms with van der Waals surface area (Å²) in [5.74, 6) is -0.136. The van der Waals surface area contributed by atoms with E-state index in [0.717, 1.165) is 22.5 Å². The van der Waals surface area contributed by atoms with Crippen LogP contribution in [0, 0.1) is 0 Å². The molecule has 1 amide bonds. The molecule has 5 nitrogen and oxygen atoms in total. The van der Waals surface area contributed by atoms with E-state index in [4.69, 9.17) is 0 Å². The lowest BCUT2D eigenvalue weighted by Crippen LogP contribution is -2.60. The number of nitrogens with zero attached hydrogens (tertiary/aromatic N) is 3. The number of amides is 1. The summed E-state index contributed by atoms with van der Waals surface area (Å²) in [6.07, 6.45) is 0.0616. The van der Waals surface area contributed by atoms with E-state index in [1.807, 2.05) is 37.4 Å². The zero-order chi connectivity index (χ0) is 22.2. The van der Waals surface area contributed by atoms with Gasteiger partial charge in [-0.25, -0.2) is 8.78 Å². The second-order valence-corrected chi connectivity index (χ2v) is 9.36. The van der Waals surface area contributed by atoms with Gasteiger partial charge in [-0.05, 0) is 18.6 Å². The predicted molar refractivity (Wildman–Crippen MR) is 118 cm³/mol. The van der Waals surface area contributed by atoms with E-state index < -0.39 is 12.5 Å². The second-order valence-electron chi connectivity index (χ2n) is 9.36. The fourth-order valence-electron chi connectivity index (χ4n) is 4.61. The molecule has 3 heterocycles. The fourth-order valence-corrected chi connectivity index (χ4v) is 4.61. The lowest BCUT2D eigenvalue weighted by molar-refractivity contribution is -0.121. The van der Waals surface area contributed by atoms with Crippen LogP contribution in [-0.2, 0) is 16.6 Å². The molecule has 2 aliphatic heterocycles. The van der Waals surface area contributed by atoms with Crippen LogP contribution in [0.1, 0.15) is 37.6 Å². The number of hydrogen-bond donors (Lipinski definition) is 1. The molecule has 1 aromatic heterocycles. The number of alkyl halides is 2. The van der Waals surface area contributed by atoms with Crippen molar-refractivity contribution in [2.24, 2.45) is 0 Å². The highest BCUT2D eigenvalue weighted by Crippen LogP contribution is 2.40. The highest BCUT2D eigenvalue weighted by Gasteiger charge is 2.40. The molecular formula is C24H30F2N4O. The van der Waals surface area contributed by atoms with Crippen LogP contribution in [0.2, 0.25) is 0 Å². The molecule has 0 radical (unpaired) electrons. The number of carbonyl (C=O) groups excluding carboxylic acids is 1. The Hall–Kier alpha value is -2.38. The van der Waals surface area contributed by atoms with Crippen LogP contribution in [0.3, 0.4) is 0 Å². The topological polar surface area (TPSA) is 48.5 Å². The first-order valence-corrected chi connectivity index (χ1v) is 10.8. The van der Waals surface area contributed by atoms with E-state index in [9.17, 15) is 13.6 Å². The number of fused-ring (bicyclic) bond motifs is 1. The predicted octanol–water partition coefficient (Wildman–Crippen LogP) is 3.22. The highest BCUT2D eigenvalue weighted by atomic mass is 19.3. The summed E-state index contributed by atoms with van der Waals surface area (Å²) in [5.41, 5.74) is 3.69. The molecule has 0 bridgehead atoms. The Balaban J connectivity index is 1.57. The van der Waals surface area contributed by atoms with Crippen molar-refractivity contribution >= 4 is 11.6 Å². The zero-order valence-corrected chi connectivity index (χ0v) is 18.3. The maximum Gasteiger partial charge on any atom is 0.255 e. The number of benzene rings is 1. The maximum atomic E-state index is 13.5. The SMILES string of the molecule is C[C@@H]1CN(CC(=O)N2CC(C)(C)c3cnc(Cc4ccccc4)cc32)C(C(F)F)CN1. The van der Waals surface area contributed by atoms with Crippen molar-refractivity contribution in [2.45, 2.75) is 51.1 Å². The Labute approximate surface area is 182 Å². The molecule has 1 fully saturated rings. The molecule has 166 valence electrons. The van der Waals surface area contributed by atoms with Gasteiger partial charge in [0.2, 0.25) is 5.91 Å². The molecule has 1 N–H and O–H groups in total. The third-order valence-corrected chi connectivity index (χ3v) is 6.32. The standard InChI is InChI=1S/C24H30F2N4O/c1-16-13-29(21(12-27-16)23(25)26)14-22(31)30-15-24(2,3)19-11-28-18(10-20(19)30)9-17-7-5-4-6-8-17/h4-8,10-11,16,21,23,27H,9,12-15H2,1-3H3/t16-,21?/m1/s1. The van der Waals surface area contributed by atoms with Gasteiger partial charge < -0.3 is 10.2 Å². The van der Waals surface area contributed by atoms with Gasteiger partial charge in [-0.1, -0.05) is 44.2 Å². The summed E-state index contributed by atoms with van der Waals surface area (Å²) in [6, 6.07) is 11.2. The van der Waals surface area contributed by atoms with E-state index in [1.54, 1.807) is 9.80 Å². The van der Waals surface area contributed by atoms with E-state index in [-0.39, 0.29) is 30.5 Å². The maximum absolute atomic E-state index is 13.5. The van der Waals surface area contributed by atoms with Crippen molar-refractivity contribution in [1.82, 2.24) is 15.2 Å². The summed E-state index contributed by atoms with van der Waals surface area (Å²) < 4.78 is 27.1. The van der Waals surface area contributed by atoms with Gasteiger partial charge in [-0.3, -0.25) is 14.7 Å². The molecule has 31 heavy (non-hydrogen) atoms. The first-order chi connectivity index (χ1) is 14.7. The van der Waals surface area contributed by atoms with Crippen molar-refractivity contribution < 1.29 is 13.6 Å². The van der Waals surface area contributed by atoms with Crippen LogP contribution in [0.15, 0.2) is 42.6 Å². The smallest absolute Gasteiger partial charge is 0.255 e. The number of hydrogen-bond acceptors (Lipinski definition) is 4. The molecule has 1 unspecified atom stereocenters. The van der Waals surface area contributed by atoms with Crippen molar-refractivity contribution in [3.63, 3.8) is 0 Å². The molecule has 2 aromatic rings. The highest BCUT2D eigenvalue weighted by molar-refractivity contribution is 5.97. The van der Waals surface area contributed by atoms with E-state index in [1.165, 1.54) is 0 Å². The van der Waals surface area contributed by atoms with Gasteiger partial charge in [0, 0.05) is 55.0 Å². The minimum Gasteiger partial charge on any atom is -0.311 e. The third-order valence-electron chi connectivity index (χ3n) is 6.32. The lowest BCUT2D eigenvalue weighted by Gasteiger charge is -2.39. The number of anilines is 1. The van der Waals surface area contributed by atoms with Gasteiger partial charge in [0.15, 0.2) is 0 Å². The van der Waals surface area contributed by atoms with Gasteiger partial charge in [0.05, 0.1) is 18.3 Å². The van der Waals surface area contributed by atoms with Crippen LogP contribution in [0.4, 0.5) is 14.5 Å². The summed E-state index contributed by atoms with van der Waals surface area (Å²) in [7, 11) is 0. The summed E-state index contributed by atoms with van der Waals surface area (Å²) in [5, 5.41) is 3.09. The Morgan fingerprint density at radius 1 is 1.29 bits per heavy atom. The van der Waals surface area contributed by atoms with Crippen LogP contribution in [0.5, 0.6) is 0 Å². The Morgan fingerprint density at radius 3 is 2.74 bits per heavy atom. The quantitative estimate of drug-likeness (QED) is 0.795. The van der Waals surface area contributed by atoms with Gasteiger partial charge in [-0.2, -0.15) is 0 Å². The monoisotopic (exact) mass is 428 g/mol. The van der Waals surface area contributed by atoms with Crippen LogP contribution >= 0.6 is 0 Å². The number of nitrogens with one attached hydrogen (secondary N) is 1. The van der Waals surface area contributed by atoms with E-state index >= 15 is 0 Å². The minimum absolute atomic E-state index is 0.00706. The number of carbonyl (C=O) groups is 1. The normalized spacial score (nSPS) is 23.2. The average molecular weight is 429 g/mol. The Bertz CT molecular complexity index is 934. The number of rotatable bonds is 5. The van der Waals surface area contributed by atoms with Crippen LogP contribution < -0.4 is 10.2 Å². The van der Waals surface area contributed by atoms with Gasteiger partial charge in [0.1, 0.15) is 0 Å². The number of piperazine rings is 1. The van der Waals surface area contributed by atoms with Gasteiger partial charge in [-0.15, -0.1) is 0 Å². The number of pyridine rings is 1. The summed E-state index contributed by atoms with van der Waals surface area (Å²) in [6.45, 7) is 7.28. The van der Waals surface area contributed by atoms with E-state index in [2.05, 4.69) is 36.3 Å². The minimum atomic E-state index is -2.49. The average Bonchev–Trinajstić information content (AvgIpc) is 2.99. The van der Waals surface area contributed by atoms with Crippen LogP contribution in [0.25, 0.3) is 0 Å². The fraction of sp³-hybridized carbons (Fsp3) is 0.500. The van der Waals surface area contributed by atoms with Crippen LogP contribution in [-0.4, -0.2) is 60.5 Å². The van der Waals surface area contributed by atoms with Gasteiger partial charge >= 0.3 is 0 Å². The van der Waals surface area contributed by atoms with E-state index in [0.29, 0.717) is 19.5 Å². The molecule has 0 spiro atoms. The molecule has 2 atom stereocenters. The largest absolute Gasteiger partial charge is 0.311 e. The number of halogens is 2. The molecule has 7 heteroatoms. The Morgan fingerprint density at radius 2 is 2.03 bits per heavy atom. The van der Waals surface area contributed by atoms with Crippen molar-refractivity contribution in [1.29, 1.82) is 0 Å². The first kappa shape index (κ1) is 21.8. The number of aromatic nitrogens is 1. The summed E-state index contributed by atoms with van der Waals surface area (Å²) >= 11 is 0. The summed E-state index contributed by atoms with van der Waals surface area (Å²) in [4.78, 5) is 21.3. The molecular weight excluding hydrogens is 398 g/mol. The molecule has 4 rings (SSSR count). The third kappa shape index (κ3) is 4.62. The van der Waals surface area contributed by atoms with Crippen molar-refractivity contribution in [3.8, 4) is 0 Å².